The van der Waals surface area contributed by atoms with E-state index in [2.05, 4.69) is 40.5 Å². The Morgan fingerprint density at radius 3 is 2.74 bits per heavy atom. The van der Waals surface area contributed by atoms with Crippen LogP contribution in [0.15, 0.2) is 22.9 Å². The maximum atomic E-state index is 5.14. The smallest absolute Gasteiger partial charge is 0.138 e. The fraction of sp³-hybridized carbons (Fsp3) is 0.429. The highest BCUT2D eigenvalue weighted by atomic mass is 16.5. The average Bonchev–Trinajstić information content (AvgIpc) is 2.66. The molecule has 0 saturated heterocycles. The lowest BCUT2D eigenvalue weighted by Gasteiger charge is -2.11. The first-order chi connectivity index (χ1) is 9.06. The van der Waals surface area contributed by atoms with Crippen molar-refractivity contribution in [3.63, 3.8) is 0 Å². The summed E-state index contributed by atoms with van der Waals surface area (Å²) in [6.07, 6.45) is 1.83. The van der Waals surface area contributed by atoms with Gasteiger partial charge in [-0.05, 0) is 45.6 Å². The molecule has 5 nitrogen and oxygen atoms in total. The third-order valence-corrected chi connectivity index (χ3v) is 2.95. The van der Waals surface area contributed by atoms with Crippen LogP contribution < -0.4 is 5.32 Å². The van der Waals surface area contributed by atoms with Crippen molar-refractivity contribution in [2.45, 2.75) is 26.9 Å². The van der Waals surface area contributed by atoms with Crippen molar-refractivity contribution in [1.82, 2.24) is 15.0 Å². The monoisotopic (exact) mass is 260 g/mol. The molecule has 5 heteroatoms. The second-order valence-electron chi connectivity index (χ2n) is 4.94. The van der Waals surface area contributed by atoms with Crippen LogP contribution in [0.1, 0.15) is 22.6 Å². The molecule has 0 aliphatic heterocycles. The lowest BCUT2D eigenvalue weighted by molar-refractivity contribution is 0.392. The van der Waals surface area contributed by atoms with Gasteiger partial charge in [0.15, 0.2) is 0 Å². The van der Waals surface area contributed by atoms with Gasteiger partial charge >= 0.3 is 0 Å². The summed E-state index contributed by atoms with van der Waals surface area (Å²) in [5.41, 5.74) is 3.26. The zero-order chi connectivity index (χ0) is 13.8. The second-order valence-corrected chi connectivity index (χ2v) is 4.94. The van der Waals surface area contributed by atoms with E-state index >= 15 is 0 Å². The molecular weight excluding hydrogens is 240 g/mol. The van der Waals surface area contributed by atoms with Crippen LogP contribution in [0.2, 0.25) is 0 Å². The Kier molecular flexibility index (Phi) is 4.16. The van der Waals surface area contributed by atoms with Gasteiger partial charge < -0.3 is 14.7 Å². The summed E-state index contributed by atoms with van der Waals surface area (Å²) < 4.78 is 5.14. The molecule has 1 N–H and O–H groups in total. The maximum Gasteiger partial charge on any atom is 0.138 e. The van der Waals surface area contributed by atoms with Gasteiger partial charge in [0.1, 0.15) is 11.6 Å². The van der Waals surface area contributed by atoms with Gasteiger partial charge in [0.25, 0.3) is 0 Å². The van der Waals surface area contributed by atoms with E-state index in [0.717, 1.165) is 29.4 Å². The average molecular weight is 260 g/mol. The number of aromatic nitrogens is 2. The fourth-order valence-corrected chi connectivity index (χ4v) is 1.97. The van der Waals surface area contributed by atoms with E-state index in [1.54, 1.807) is 0 Å². The van der Waals surface area contributed by atoms with E-state index in [1.165, 1.54) is 5.56 Å². The third-order valence-electron chi connectivity index (χ3n) is 2.95. The highest BCUT2D eigenvalue weighted by molar-refractivity contribution is 5.39. The molecule has 0 unspecified atom stereocenters. The van der Waals surface area contributed by atoms with E-state index in [9.17, 15) is 0 Å². The Labute approximate surface area is 113 Å². The number of rotatable bonds is 5. The summed E-state index contributed by atoms with van der Waals surface area (Å²) in [4.78, 5) is 6.46. The molecule has 2 aromatic heterocycles. The van der Waals surface area contributed by atoms with Crippen LogP contribution in [0, 0.1) is 13.8 Å². The first-order valence-electron chi connectivity index (χ1n) is 6.31. The largest absolute Gasteiger partial charge is 0.366 e. The molecular formula is C14H20N4O. The first-order valence-corrected chi connectivity index (χ1v) is 6.31. The van der Waals surface area contributed by atoms with E-state index in [1.807, 2.05) is 26.1 Å². The molecule has 0 spiro atoms. The summed E-state index contributed by atoms with van der Waals surface area (Å²) >= 11 is 0. The van der Waals surface area contributed by atoms with Crippen LogP contribution in [0.5, 0.6) is 0 Å². The molecule has 0 aromatic carbocycles. The van der Waals surface area contributed by atoms with E-state index in [4.69, 9.17) is 4.52 Å². The van der Waals surface area contributed by atoms with Crippen molar-refractivity contribution < 1.29 is 4.52 Å². The van der Waals surface area contributed by atoms with Crippen molar-refractivity contribution >= 4 is 5.82 Å². The van der Waals surface area contributed by atoms with Crippen LogP contribution in [0.25, 0.3) is 0 Å². The minimum atomic E-state index is 0.680. The Balaban J connectivity index is 2.03. The predicted octanol–water partition coefficient (Wildman–Crippen LogP) is 2.36. The summed E-state index contributed by atoms with van der Waals surface area (Å²) in [6, 6.07) is 4.10. The Bertz CT molecular complexity index is 529. The number of pyridine rings is 1. The lowest BCUT2D eigenvalue weighted by atomic mass is 10.2. The number of hydrogen-bond acceptors (Lipinski definition) is 5. The highest BCUT2D eigenvalue weighted by Gasteiger charge is 2.08. The molecule has 0 amide bonds. The van der Waals surface area contributed by atoms with Gasteiger partial charge in [-0.3, -0.25) is 0 Å². The van der Waals surface area contributed by atoms with Gasteiger partial charge in [0, 0.05) is 24.8 Å². The van der Waals surface area contributed by atoms with Crippen LogP contribution in [-0.2, 0) is 13.1 Å². The standard InChI is InChI=1S/C14H20N4O/c1-10-13(11(2)19-17-10)8-16-14-7-12(5-6-15-14)9-18(3)4/h5-7H,8-9H2,1-4H3,(H,15,16). The molecule has 19 heavy (non-hydrogen) atoms. The Morgan fingerprint density at radius 2 is 2.11 bits per heavy atom. The molecule has 2 rings (SSSR count). The zero-order valence-corrected chi connectivity index (χ0v) is 11.9. The second kappa shape index (κ2) is 5.84. The molecule has 0 fully saturated rings. The number of anilines is 1. The van der Waals surface area contributed by atoms with E-state index in [0.29, 0.717) is 6.54 Å². The molecule has 0 radical (unpaired) electrons. The Morgan fingerprint density at radius 1 is 1.32 bits per heavy atom. The molecule has 2 aromatic rings. The Hall–Kier alpha value is -1.88. The van der Waals surface area contributed by atoms with Crippen LogP contribution >= 0.6 is 0 Å². The normalized spacial score (nSPS) is 11.0. The number of hydrogen-bond donors (Lipinski definition) is 1. The zero-order valence-electron chi connectivity index (χ0n) is 11.9. The van der Waals surface area contributed by atoms with E-state index in [-0.39, 0.29) is 0 Å². The van der Waals surface area contributed by atoms with Gasteiger partial charge in [0.05, 0.1) is 5.69 Å². The van der Waals surface area contributed by atoms with Crippen LogP contribution in [0.3, 0.4) is 0 Å². The molecule has 0 bridgehead atoms. The predicted molar refractivity (Wildman–Crippen MR) is 74.9 cm³/mol. The molecule has 0 saturated carbocycles. The first kappa shape index (κ1) is 13.5. The highest BCUT2D eigenvalue weighted by Crippen LogP contribution is 2.15. The molecule has 102 valence electrons. The summed E-state index contributed by atoms with van der Waals surface area (Å²) in [5, 5.41) is 7.26. The van der Waals surface area contributed by atoms with Crippen molar-refractivity contribution in [2.75, 3.05) is 19.4 Å². The summed E-state index contributed by atoms with van der Waals surface area (Å²) in [7, 11) is 4.11. The third kappa shape index (κ3) is 3.54. The van der Waals surface area contributed by atoms with Gasteiger partial charge in [-0.25, -0.2) is 4.98 Å². The number of nitrogens with zero attached hydrogens (tertiary/aromatic N) is 3. The minimum Gasteiger partial charge on any atom is -0.366 e. The maximum absolute atomic E-state index is 5.14. The van der Waals surface area contributed by atoms with Gasteiger partial charge in [-0.2, -0.15) is 0 Å². The van der Waals surface area contributed by atoms with Crippen molar-refractivity contribution in [2.24, 2.45) is 0 Å². The SMILES string of the molecule is Cc1noc(C)c1CNc1cc(CN(C)C)ccn1. The van der Waals surface area contributed by atoms with Crippen LogP contribution in [0.4, 0.5) is 5.82 Å². The number of aryl methyl sites for hydroxylation is 2. The lowest BCUT2D eigenvalue weighted by Crippen LogP contribution is -2.11. The molecule has 0 aliphatic carbocycles. The minimum absolute atomic E-state index is 0.680. The van der Waals surface area contributed by atoms with Crippen molar-refractivity contribution in [3.05, 3.63) is 40.9 Å². The molecule has 2 heterocycles. The summed E-state index contributed by atoms with van der Waals surface area (Å²) in [5.74, 6) is 1.73. The topological polar surface area (TPSA) is 54.2 Å². The quantitative estimate of drug-likeness (QED) is 0.894. The van der Waals surface area contributed by atoms with Crippen molar-refractivity contribution in [1.29, 1.82) is 0 Å². The summed E-state index contributed by atoms with van der Waals surface area (Å²) in [6.45, 7) is 5.46. The van der Waals surface area contributed by atoms with Crippen LogP contribution in [-0.4, -0.2) is 29.1 Å². The van der Waals surface area contributed by atoms with Gasteiger partial charge in [-0.1, -0.05) is 5.16 Å². The van der Waals surface area contributed by atoms with Gasteiger partial charge in [0.2, 0.25) is 0 Å². The van der Waals surface area contributed by atoms with Gasteiger partial charge in [-0.15, -0.1) is 0 Å². The molecule has 0 atom stereocenters. The van der Waals surface area contributed by atoms with Crippen molar-refractivity contribution in [3.8, 4) is 0 Å². The number of nitrogens with one attached hydrogen (secondary N) is 1. The fourth-order valence-electron chi connectivity index (χ4n) is 1.97. The van der Waals surface area contributed by atoms with E-state index < -0.39 is 0 Å². The molecule has 0 aliphatic rings.